The molecule has 3 aromatic carbocycles. The fraction of sp³-hybridized carbons (Fsp3) is 0. The molecule has 2 aliphatic heterocycles. The minimum atomic E-state index is -0.733. The van der Waals surface area contributed by atoms with Crippen molar-refractivity contribution >= 4 is 51.6 Å². The van der Waals surface area contributed by atoms with Gasteiger partial charge in [-0.15, -0.1) is 0 Å². The van der Waals surface area contributed by atoms with E-state index in [2.05, 4.69) is 9.97 Å². The molecule has 9 nitrogen and oxygen atoms in total. The Bertz CT molecular complexity index is 1940. The van der Waals surface area contributed by atoms with E-state index in [4.69, 9.17) is 0 Å². The standard InChI is InChI=1S/C31H16N4O5/c36-27(17-4-2-1-3-5-17)22-16-23-24-20(28(37)34(30(23)39)18-8-12-32-13-9-18)6-7-21-25(24)26(22)31(40)35(29(21)38)19-10-14-33-15-11-19/h1-16H. The number of rotatable bonds is 4. The Morgan fingerprint density at radius 2 is 1.05 bits per heavy atom. The Labute approximate surface area is 226 Å². The van der Waals surface area contributed by atoms with Crippen molar-refractivity contribution < 1.29 is 24.0 Å². The van der Waals surface area contributed by atoms with Gasteiger partial charge in [0, 0.05) is 63.4 Å². The molecule has 4 heterocycles. The monoisotopic (exact) mass is 524 g/mol. The highest BCUT2D eigenvalue weighted by Crippen LogP contribution is 2.42. The van der Waals surface area contributed by atoms with Crippen LogP contribution in [0.4, 0.5) is 11.4 Å². The lowest BCUT2D eigenvalue weighted by molar-refractivity contribution is 0.0871. The number of benzene rings is 3. The molecule has 2 aliphatic rings. The predicted molar refractivity (Wildman–Crippen MR) is 145 cm³/mol. The van der Waals surface area contributed by atoms with Gasteiger partial charge >= 0.3 is 0 Å². The largest absolute Gasteiger partial charge is 0.289 e. The summed E-state index contributed by atoms with van der Waals surface area (Å²) in [6.45, 7) is 0. The number of amides is 4. The normalized spacial score (nSPS) is 14.2. The van der Waals surface area contributed by atoms with Crippen molar-refractivity contribution in [3.05, 3.63) is 131 Å². The van der Waals surface area contributed by atoms with Crippen LogP contribution in [0, 0.1) is 0 Å². The number of carbonyl (C=O) groups excluding carboxylic acids is 5. The molecule has 0 aliphatic carbocycles. The number of hydrogen-bond donors (Lipinski definition) is 0. The van der Waals surface area contributed by atoms with Gasteiger partial charge in [-0.05, 0) is 42.5 Å². The molecule has 4 amide bonds. The number of anilines is 2. The zero-order valence-corrected chi connectivity index (χ0v) is 20.6. The van der Waals surface area contributed by atoms with Crippen LogP contribution in [0.5, 0.6) is 0 Å². The number of imide groups is 2. The van der Waals surface area contributed by atoms with Crippen molar-refractivity contribution in [1.29, 1.82) is 0 Å². The molecule has 0 spiro atoms. The van der Waals surface area contributed by atoms with E-state index < -0.39 is 29.4 Å². The summed E-state index contributed by atoms with van der Waals surface area (Å²) in [7, 11) is 0. The number of hydrogen-bond acceptors (Lipinski definition) is 7. The highest BCUT2D eigenvalue weighted by Gasteiger charge is 2.43. The van der Waals surface area contributed by atoms with Crippen LogP contribution in [-0.4, -0.2) is 39.4 Å². The van der Waals surface area contributed by atoms with Crippen molar-refractivity contribution in [3.63, 3.8) is 0 Å². The van der Waals surface area contributed by atoms with Gasteiger partial charge in [0.05, 0.1) is 16.9 Å². The van der Waals surface area contributed by atoms with Gasteiger partial charge in [0.25, 0.3) is 23.6 Å². The Hall–Kier alpha value is -5.83. The van der Waals surface area contributed by atoms with E-state index in [1.807, 2.05) is 0 Å². The molecular formula is C31H16N4O5. The predicted octanol–water partition coefficient (Wildman–Crippen LogP) is 4.46. The van der Waals surface area contributed by atoms with Gasteiger partial charge in [-0.1, -0.05) is 30.3 Å². The van der Waals surface area contributed by atoms with Crippen molar-refractivity contribution in [2.75, 3.05) is 9.80 Å². The van der Waals surface area contributed by atoms with Crippen LogP contribution in [0.15, 0.2) is 97.6 Å². The molecule has 0 N–H and O–H groups in total. The summed E-state index contributed by atoms with van der Waals surface area (Å²) in [5.41, 5.74) is 1.09. The minimum absolute atomic E-state index is 0.0407. The average Bonchev–Trinajstić information content (AvgIpc) is 3.00. The summed E-state index contributed by atoms with van der Waals surface area (Å²) in [6.07, 6.45) is 5.82. The second-order valence-corrected chi connectivity index (χ2v) is 9.25. The minimum Gasteiger partial charge on any atom is -0.289 e. The Morgan fingerprint density at radius 3 is 1.62 bits per heavy atom. The first kappa shape index (κ1) is 23.3. The molecule has 9 heteroatoms. The molecular weight excluding hydrogens is 508 g/mol. The Balaban J connectivity index is 1.56. The maximum atomic E-state index is 14.1. The first-order chi connectivity index (χ1) is 19.5. The van der Waals surface area contributed by atoms with Crippen molar-refractivity contribution in [3.8, 4) is 0 Å². The van der Waals surface area contributed by atoms with Crippen LogP contribution in [0.1, 0.15) is 57.4 Å². The second-order valence-electron chi connectivity index (χ2n) is 9.25. The molecule has 190 valence electrons. The third-order valence-corrected chi connectivity index (χ3v) is 7.12. The van der Waals surface area contributed by atoms with E-state index in [0.717, 1.165) is 9.80 Å². The van der Waals surface area contributed by atoms with Gasteiger partial charge in [0.15, 0.2) is 5.78 Å². The first-order valence-electron chi connectivity index (χ1n) is 12.3. The van der Waals surface area contributed by atoms with E-state index in [0.29, 0.717) is 11.3 Å². The lowest BCUT2D eigenvalue weighted by Gasteiger charge is -2.33. The highest BCUT2D eigenvalue weighted by molar-refractivity contribution is 6.44. The van der Waals surface area contributed by atoms with Crippen molar-refractivity contribution in [2.45, 2.75) is 0 Å². The van der Waals surface area contributed by atoms with E-state index in [-0.39, 0.29) is 44.3 Å². The zero-order valence-electron chi connectivity index (χ0n) is 20.6. The summed E-state index contributed by atoms with van der Waals surface area (Å²) in [5.74, 6) is -3.15. The second kappa shape index (κ2) is 8.60. The van der Waals surface area contributed by atoms with Crippen molar-refractivity contribution in [2.24, 2.45) is 0 Å². The Morgan fingerprint density at radius 1 is 0.550 bits per heavy atom. The molecule has 2 aromatic heterocycles. The summed E-state index contributed by atoms with van der Waals surface area (Å²) in [5, 5.41) is 0.291. The van der Waals surface area contributed by atoms with E-state index in [9.17, 15) is 24.0 Å². The number of nitrogens with zero attached hydrogens (tertiary/aromatic N) is 4. The van der Waals surface area contributed by atoms with Crippen LogP contribution in [0.3, 0.4) is 0 Å². The lowest BCUT2D eigenvalue weighted by Crippen LogP contribution is -2.44. The highest BCUT2D eigenvalue weighted by atomic mass is 16.2. The van der Waals surface area contributed by atoms with Crippen LogP contribution in [0.2, 0.25) is 0 Å². The van der Waals surface area contributed by atoms with Gasteiger partial charge in [-0.2, -0.15) is 0 Å². The van der Waals surface area contributed by atoms with E-state index >= 15 is 0 Å². The van der Waals surface area contributed by atoms with Crippen LogP contribution in [0.25, 0.3) is 10.8 Å². The smallest absolute Gasteiger partial charge is 0.266 e. The molecule has 0 bridgehead atoms. The molecule has 0 saturated carbocycles. The zero-order chi connectivity index (χ0) is 27.5. The van der Waals surface area contributed by atoms with Gasteiger partial charge in [0.2, 0.25) is 0 Å². The van der Waals surface area contributed by atoms with Crippen LogP contribution < -0.4 is 9.80 Å². The van der Waals surface area contributed by atoms with Gasteiger partial charge in [-0.3, -0.25) is 33.9 Å². The Kier molecular flexibility index (Phi) is 5.01. The third-order valence-electron chi connectivity index (χ3n) is 7.12. The number of aromatic nitrogens is 2. The number of ketones is 1. The molecule has 0 radical (unpaired) electrons. The first-order valence-corrected chi connectivity index (χ1v) is 12.3. The van der Waals surface area contributed by atoms with E-state index in [1.165, 1.54) is 67.3 Å². The number of pyridine rings is 2. The van der Waals surface area contributed by atoms with Crippen LogP contribution in [-0.2, 0) is 0 Å². The fourth-order valence-electron chi connectivity index (χ4n) is 5.35. The van der Waals surface area contributed by atoms with Gasteiger partial charge < -0.3 is 0 Å². The summed E-state index contributed by atoms with van der Waals surface area (Å²) < 4.78 is 0. The molecule has 7 rings (SSSR count). The molecule has 0 saturated heterocycles. The van der Waals surface area contributed by atoms with Crippen LogP contribution >= 0.6 is 0 Å². The molecule has 40 heavy (non-hydrogen) atoms. The SMILES string of the molecule is O=C(c1ccccc1)c1cc2c3c(ccc4c3c1C(=O)N(c1ccncc1)C4=O)C(=O)N(c1ccncc1)C2=O. The quantitative estimate of drug-likeness (QED) is 0.252. The molecule has 0 fully saturated rings. The molecule has 5 aromatic rings. The van der Waals surface area contributed by atoms with Gasteiger partial charge in [-0.25, -0.2) is 9.80 Å². The van der Waals surface area contributed by atoms with E-state index in [1.54, 1.807) is 30.3 Å². The summed E-state index contributed by atoms with van der Waals surface area (Å²) in [6, 6.07) is 18.7. The maximum Gasteiger partial charge on any atom is 0.266 e. The average molecular weight is 524 g/mol. The van der Waals surface area contributed by atoms with Gasteiger partial charge in [0.1, 0.15) is 0 Å². The fourth-order valence-corrected chi connectivity index (χ4v) is 5.35. The molecule has 0 atom stereocenters. The summed E-state index contributed by atoms with van der Waals surface area (Å²) in [4.78, 5) is 79.2. The third kappa shape index (κ3) is 3.18. The van der Waals surface area contributed by atoms with Crippen molar-refractivity contribution in [1.82, 2.24) is 9.97 Å². The number of carbonyl (C=O) groups is 5. The molecule has 0 unspecified atom stereocenters. The summed E-state index contributed by atoms with van der Waals surface area (Å²) >= 11 is 0. The lowest BCUT2D eigenvalue weighted by atomic mass is 9.81. The topological polar surface area (TPSA) is 118 Å². The maximum absolute atomic E-state index is 14.1.